The van der Waals surface area contributed by atoms with Crippen LogP contribution in [-0.2, 0) is 14.2 Å². The third kappa shape index (κ3) is 4.03. The lowest BCUT2D eigenvalue weighted by atomic mass is 9.93. The summed E-state index contributed by atoms with van der Waals surface area (Å²) in [5, 5.41) is 27.0. The van der Waals surface area contributed by atoms with Gasteiger partial charge in [-0.2, -0.15) is 0 Å². The number of anilines is 1. The van der Waals surface area contributed by atoms with Crippen molar-refractivity contribution in [1.82, 2.24) is 24.8 Å². The van der Waals surface area contributed by atoms with E-state index in [-0.39, 0.29) is 18.7 Å². The van der Waals surface area contributed by atoms with Crippen LogP contribution >= 0.6 is 0 Å². The van der Waals surface area contributed by atoms with Crippen LogP contribution in [0, 0.1) is 0 Å². The molecule has 12 heteroatoms. The van der Waals surface area contributed by atoms with Gasteiger partial charge in [0.25, 0.3) is 0 Å². The number of aliphatic hydroxyl groups excluding tert-OH is 2. The van der Waals surface area contributed by atoms with Gasteiger partial charge in [0, 0.05) is 12.6 Å². The van der Waals surface area contributed by atoms with Gasteiger partial charge < -0.3 is 35.1 Å². The van der Waals surface area contributed by atoms with Crippen molar-refractivity contribution in [1.29, 1.82) is 0 Å². The standard InChI is InChI=1S/C19H26N6O6/c26-14-12(7-30-19(28)24-10-2-1-3-10)31-18(15(14)27)25-9-22-13-16(20-8-21-17(13)25)23-11-4-5-29-6-11/h8-12,14-15,18,26-27H,1-7H2,(H,24,28)(H,20,21,23)/t11-,12-,14-,15-,18-/m1/s1. The first-order valence-electron chi connectivity index (χ1n) is 10.6. The van der Waals surface area contributed by atoms with Crippen LogP contribution in [0.3, 0.4) is 0 Å². The number of amides is 1. The number of fused-ring (bicyclic) bond motifs is 1. The van der Waals surface area contributed by atoms with Gasteiger partial charge in [-0.25, -0.2) is 19.7 Å². The molecule has 0 radical (unpaired) electrons. The summed E-state index contributed by atoms with van der Waals surface area (Å²) in [4.78, 5) is 24.8. The zero-order chi connectivity index (χ0) is 21.4. The van der Waals surface area contributed by atoms with E-state index < -0.39 is 30.6 Å². The lowest BCUT2D eigenvalue weighted by Gasteiger charge is -2.26. The molecule has 2 saturated heterocycles. The molecule has 4 heterocycles. The Morgan fingerprint density at radius 2 is 2.06 bits per heavy atom. The first kappa shape index (κ1) is 20.4. The summed E-state index contributed by atoms with van der Waals surface area (Å²) in [6.45, 7) is 1.12. The van der Waals surface area contributed by atoms with E-state index in [9.17, 15) is 15.0 Å². The topological polar surface area (TPSA) is 153 Å². The predicted octanol–water partition coefficient (Wildman–Crippen LogP) is -0.0750. The van der Waals surface area contributed by atoms with Crippen LogP contribution in [0.15, 0.2) is 12.7 Å². The van der Waals surface area contributed by atoms with E-state index in [0.29, 0.717) is 30.2 Å². The lowest BCUT2D eigenvalue weighted by molar-refractivity contribution is -0.0536. The van der Waals surface area contributed by atoms with E-state index in [4.69, 9.17) is 14.2 Å². The van der Waals surface area contributed by atoms with Crippen LogP contribution < -0.4 is 10.6 Å². The van der Waals surface area contributed by atoms with E-state index in [1.54, 1.807) is 4.57 Å². The maximum Gasteiger partial charge on any atom is 0.407 e. The quantitative estimate of drug-likeness (QED) is 0.486. The molecule has 1 aliphatic carbocycles. The first-order chi connectivity index (χ1) is 15.1. The number of nitrogens with one attached hydrogen (secondary N) is 2. The molecule has 0 spiro atoms. The van der Waals surface area contributed by atoms with E-state index in [1.165, 1.54) is 12.7 Å². The number of rotatable bonds is 6. The predicted molar refractivity (Wildman–Crippen MR) is 106 cm³/mol. The van der Waals surface area contributed by atoms with Crippen molar-refractivity contribution >= 4 is 23.1 Å². The van der Waals surface area contributed by atoms with Gasteiger partial charge in [-0.05, 0) is 25.7 Å². The second-order valence-corrected chi connectivity index (χ2v) is 8.17. The maximum absolute atomic E-state index is 11.9. The molecule has 2 aliphatic heterocycles. The van der Waals surface area contributed by atoms with Gasteiger partial charge in [0.05, 0.1) is 19.0 Å². The summed E-state index contributed by atoms with van der Waals surface area (Å²) in [7, 11) is 0. The SMILES string of the molecule is O=C(NC1CCC1)OC[C@H]1O[C@@H](n2cnc3c(N[C@@H]4CCOC4)ncnc32)[C@H](O)[C@@H]1O. The fourth-order valence-corrected chi connectivity index (χ4v) is 4.00. The third-order valence-corrected chi connectivity index (χ3v) is 6.05. The molecule has 5 atom stereocenters. The molecule has 2 aromatic heterocycles. The fourth-order valence-electron chi connectivity index (χ4n) is 4.00. The summed E-state index contributed by atoms with van der Waals surface area (Å²) in [5.74, 6) is 0.569. The number of hydrogen-bond donors (Lipinski definition) is 4. The van der Waals surface area contributed by atoms with Gasteiger partial charge in [0.1, 0.15) is 31.2 Å². The van der Waals surface area contributed by atoms with Crippen molar-refractivity contribution in [3.8, 4) is 0 Å². The zero-order valence-corrected chi connectivity index (χ0v) is 16.9. The highest BCUT2D eigenvalue weighted by atomic mass is 16.6. The molecule has 168 valence electrons. The van der Waals surface area contributed by atoms with E-state index in [2.05, 4.69) is 25.6 Å². The minimum Gasteiger partial charge on any atom is -0.447 e. The Hall–Kier alpha value is -2.54. The molecule has 5 rings (SSSR count). The Labute approximate surface area is 177 Å². The van der Waals surface area contributed by atoms with Crippen molar-refractivity contribution in [3.63, 3.8) is 0 Å². The maximum atomic E-state index is 11.9. The Morgan fingerprint density at radius 3 is 2.81 bits per heavy atom. The summed E-state index contributed by atoms with van der Waals surface area (Å²) in [6, 6.07) is 0.293. The zero-order valence-electron chi connectivity index (χ0n) is 16.9. The van der Waals surface area contributed by atoms with Crippen LogP contribution in [0.1, 0.15) is 31.9 Å². The first-order valence-corrected chi connectivity index (χ1v) is 10.6. The van der Waals surface area contributed by atoms with Crippen molar-refractivity contribution in [3.05, 3.63) is 12.7 Å². The molecular formula is C19H26N6O6. The molecule has 0 bridgehead atoms. The second-order valence-electron chi connectivity index (χ2n) is 8.17. The molecule has 1 amide bonds. The largest absolute Gasteiger partial charge is 0.447 e. The average molecular weight is 434 g/mol. The van der Waals surface area contributed by atoms with Crippen LogP contribution in [-0.4, -0.2) is 86.0 Å². The molecule has 31 heavy (non-hydrogen) atoms. The van der Waals surface area contributed by atoms with Crippen LogP contribution in [0.25, 0.3) is 11.2 Å². The average Bonchev–Trinajstić information content (AvgIpc) is 3.45. The smallest absolute Gasteiger partial charge is 0.407 e. The number of aliphatic hydroxyl groups is 2. The lowest BCUT2D eigenvalue weighted by Crippen LogP contribution is -2.41. The molecule has 2 aromatic rings. The Bertz CT molecular complexity index is 930. The minimum absolute atomic E-state index is 0.144. The van der Waals surface area contributed by atoms with E-state index in [0.717, 1.165) is 25.7 Å². The number of nitrogens with zero attached hydrogens (tertiary/aromatic N) is 4. The summed E-state index contributed by atoms with van der Waals surface area (Å²) < 4.78 is 17.9. The van der Waals surface area contributed by atoms with Crippen molar-refractivity contribution in [2.45, 2.75) is 62.3 Å². The van der Waals surface area contributed by atoms with Gasteiger partial charge in [-0.3, -0.25) is 4.57 Å². The molecule has 12 nitrogen and oxygen atoms in total. The number of hydrogen-bond acceptors (Lipinski definition) is 10. The summed E-state index contributed by atoms with van der Waals surface area (Å²) in [6.07, 6.45) is 1.92. The Morgan fingerprint density at radius 1 is 1.19 bits per heavy atom. The molecule has 0 aromatic carbocycles. The number of ether oxygens (including phenoxy) is 3. The van der Waals surface area contributed by atoms with Gasteiger partial charge in [0.2, 0.25) is 0 Å². The number of alkyl carbamates (subject to hydrolysis) is 1. The number of carbonyl (C=O) groups is 1. The number of carbonyl (C=O) groups excluding carboxylic acids is 1. The molecule has 1 saturated carbocycles. The van der Waals surface area contributed by atoms with Gasteiger partial charge in [-0.1, -0.05) is 0 Å². The number of aromatic nitrogens is 4. The summed E-state index contributed by atoms with van der Waals surface area (Å²) >= 11 is 0. The minimum atomic E-state index is -1.24. The number of imidazole rings is 1. The highest BCUT2D eigenvalue weighted by Gasteiger charge is 2.45. The van der Waals surface area contributed by atoms with Crippen LogP contribution in [0.5, 0.6) is 0 Å². The fraction of sp³-hybridized carbons (Fsp3) is 0.684. The second kappa shape index (κ2) is 8.54. The Balaban J connectivity index is 1.27. The van der Waals surface area contributed by atoms with Crippen molar-refractivity contribution in [2.24, 2.45) is 0 Å². The van der Waals surface area contributed by atoms with Crippen LogP contribution in [0.4, 0.5) is 10.6 Å². The van der Waals surface area contributed by atoms with Crippen LogP contribution in [0.2, 0.25) is 0 Å². The van der Waals surface area contributed by atoms with Crippen molar-refractivity contribution in [2.75, 3.05) is 25.1 Å². The molecular weight excluding hydrogens is 408 g/mol. The monoisotopic (exact) mass is 434 g/mol. The molecule has 3 aliphatic rings. The Kier molecular flexibility index (Phi) is 5.61. The molecule has 0 unspecified atom stereocenters. The molecule has 4 N–H and O–H groups in total. The highest BCUT2D eigenvalue weighted by molar-refractivity contribution is 5.82. The van der Waals surface area contributed by atoms with Crippen molar-refractivity contribution < 1.29 is 29.2 Å². The van der Waals surface area contributed by atoms with E-state index >= 15 is 0 Å². The van der Waals surface area contributed by atoms with Gasteiger partial charge >= 0.3 is 6.09 Å². The van der Waals surface area contributed by atoms with Gasteiger partial charge in [0.15, 0.2) is 23.2 Å². The molecule has 3 fully saturated rings. The normalized spacial score (nSPS) is 31.0. The van der Waals surface area contributed by atoms with Gasteiger partial charge in [-0.15, -0.1) is 0 Å². The third-order valence-electron chi connectivity index (χ3n) is 6.05. The summed E-state index contributed by atoms with van der Waals surface area (Å²) in [5.41, 5.74) is 0.983. The highest BCUT2D eigenvalue weighted by Crippen LogP contribution is 2.32. The van der Waals surface area contributed by atoms with E-state index in [1.807, 2.05) is 0 Å².